The number of piperidine rings is 1. The highest BCUT2D eigenvalue weighted by molar-refractivity contribution is 5.87. The molecule has 0 aliphatic carbocycles. The van der Waals surface area contributed by atoms with Gasteiger partial charge in [0.15, 0.2) is 0 Å². The van der Waals surface area contributed by atoms with Crippen molar-refractivity contribution < 1.29 is 19.4 Å². The third kappa shape index (κ3) is 5.27. The average Bonchev–Trinajstić information content (AvgIpc) is 2.46. The van der Waals surface area contributed by atoms with E-state index in [9.17, 15) is 9.59 Å². The van der Waals surface area contributed by atoms with Crippen LogP contribution in [0.15, 0.2) is 24.3 Å². The maximum Gasteiger partial charge on any atom is 0.410 e. The summed E-state index contributed by atoms with van der Waals surface area (Å²) < 4.78 is 5.44. The first-order valence-electron chi connectivity index (χ1n) is 8.05. The van der Waals surface area contributed by atoms with Crippen LogP contribution in [-0.2, 0) is 11.2 Å². The third-order valence-electron chi connectivity index (χ3n) is 3.90. The number of carboxylic acids is 1. The van der Waals surface area contributed by atoms with E-state index in [0.717, 1.165) is 31.4 Å². The summed E-state index contributed by atoms with van der Waals surface area (Å²) in [5, 5.41) is 8.93. The lowest BCUT2D eigenvalue weighted by atomic mass is 9.91. The van der Waals surface area contributed by atoms with Gasteiger partial charge in [-0.2, -0.15) is 0 Å². The fourth-order valence-electron chi connectivity index (χ4n) is 2.84. The smallest absolute Gasteiger partial charge is 0.410 e. The lowest BCUT2D eigenvalue weighted by Gasteiger charge is -2.34. The number of carbonyl (C=O) groups excluding carboxylic acids is 1. The Bertz CT molecular complexity index is 559. The highest BCUT2D eigenvalue weighted by Crippen LogP contribution is 2.23. The van der Waals surface area contributed by atoms with E-state index < -0.39 is 11.6 Å². The molecule has 0 bridgehead atoms. The average molecular weight is 319 g/mol. The number of nitrogens with zero attached hydrogens (tertiary/aromatic N) is 1. The predicted molar refractivity (Wildman–Crippen MR) is 87.6 cm³/mol. The first kappa shape index (κ1) is 17.3. The second kappa shape index (κ2) is 7.02. The van der Waals surface area contributed by atoms with E-state index in [1.807, 2.05) is 32.9 Å². The molecule has 0 unspecified atom stereocenters. The molecule has 1 aromatic rings. The van der Waals surface area contributed by atoms with Crippen LogP contribution >= 0.6 is 0 Å². The molecule has 1 saturated heterocycles. The molecular weight excluding hydrogens is 294 g/mol. The van der Waals surface area contributed by atoms with Crippen molar-refractivity contribution >= 4 is 12.1 Å². The summed E-state index contributed by atoms with van der Waals surface area (Å²) >= 11 is 0. The van der Waals surface area contributed by atoms with Crippen LogP contribution in [0.5, 0.6) is 0 Å². The molecule has 23 heavy (non-hydrogen) atoms. The van der Waals surface area contributed by atoms with Crippen molar-refractivity contribution in [1.29, 1.82) is 0 Å². The van der Waals surface area contributed by atoms with Gasteiger partial charge in [0.05, 0.1) is 5.56 Å². The Morgan fingerprint density at radius 1 is 1.26 bits per heavy atom. The third-order valence-corrected chi connectivity index (χ3v) is 3.90. The lowest BCUT2D eigenvalue weighted by Crippen LogP contribution is -2.43. The van der Waals surface area contributed by atoms with Gasteiger partial charge in [0, 0.05) is 13.1 Å². The Hall–Kier alpha value is -2.04. The van der Waals surface area contributed by atoms with E-state index in [1.54, 1.807) is 17.0 Å². The monoisotopic (exact) mass is 319 g/mol. The Labute approximate surface area is 137 Å². The predicted octanol–water partition coefficient (Wildman–Crippen LogP) is 3.57. The quantitative estimate of drug-likeness (QED) is 0.925. The van der Waals surface area contributed by atoms with Crippen molar-refractivity contribution in [1.82, 2.24) is 4.90 Å². The van der Waals surface area contributed by atoms with Gasteiger partial charge < -0.3 is 14.7 Å². The van der Waals surface area contributed by atoms with Gasteiger partial charge in [-0.25, -0.2) is 9.59 Å². The number of hydrogen-bond acceptors (Lipinski definition) is 3. The van der Waals surface area contributed by atoms with Crippen LogP contribution < -0.4 is 0 Å². The van der Waals surface area contributed by atoms with E-state index in [1.165, 1.54) is 0 Å². The fourth-order valence-corrected chi connectivity index (χ4v) is 2.84. The van der Waals surface area contributed by atoms with Crippen LogP contribution in [0.2, 0.25) is 0 Å². The van der Waals surface area contributed by atoms with E-state index in [0.29, 0.717) is 18.0 Å². The van der Waals surface area contributed by atoms with Crippen molar-refractivity contribution in [2.75, 3.05) is 13.1 Å². The molecule has 5 heteroatoms. The van der Waals surface area contributed by atoms with E-state index in [2.05, 4.69) is 0 Å². The highest BCUT2D eigenvalue weighted by Gasteiger charge is 2.27. The molecule has 126 valence electrons. The molecule has 1 aliphatic rings. The van der Waals surface area contributed by atoms with E-state index >= 15 is 0 Å². The summed E-state index contributed by atoms with van der Waals surface area (Å²) in [5.41, 5.74) is 0.926. The zero-order valence-electron chi connectivity index (χ0n) is 14.0. The minimum atomic E-state index is -0.912. The largest absolute Gasteiger partial charge is 0.478 e. The molecule has 2 rings (SSSR count). The molecule has 1 aromatic carbocycles. The molecular formula is C18H25NO4. The fraction of sp³-hybridized carbons (Fsp3) is 0.556. The molecule has 1 amide bonds. The molecule has 1 heterocycles. The van der Waals surface area contributed by atoms with E-state index in [-0.39, 0.29) is 6.09 Å². The van der Waals surface area contributed by atoms with Gasteiger partial charge in [-0.1, -0.05) is 12.1 Å². The summed E-state index contributed by atoms with van der Waals surface area (Å²) in [7, 11) is 0. The van der Waals surface area contributed by atoms with Crippen LogP contribution in [-0.4, -0.2) is 40.8 Å². The van der Waals surface area contributed by atoms with Crippen LogP contribution in [0.3, 0.4) is 0 Å². The molecule has 0 saturated carbocycles. The number of likely N-dealkylation sites (tertiary alicyclic amines) is 1. The first-order chi connectivity index (χ1) is 10.7. The van der Waals surface area contributed by atoms with Crippen molar-refractivity contribution in [2.24, 2.45) is 5.92 Å². The Morgan fingerprint density at radius 3 is 2.48 bits per heavy atom. The minimum absolute atomic E-state index is 0.247. The molecule has 1 aliphatic heterocycles. The minimum Gasteiger partial charge on any atom is -0.478 e. The van der Waals surface area contributed by atoms with Crippen LogP contribution in [0, 0.1) is 5.92 Å². The van der Waals surface area contributed by atoms with E-state index in [4.69, 9.17) is 9.84 Å². The molecule has 5 nitrogen and oxygen atoms in total. The molecule has 1 fully saturated rings. The van der Waals surface area contributed by atoms with Gasteiger partial charge in [0.2, 0.25) is 0 Å². The Balaban J connectivity index is 1.93. The van der Waals surface area contributed by atoms with Crippen molar-refractivity contribution in [2.45, 2.75) is 45.6 Å². The summed E-state index contributed by atoms with van der Waals surface area (Å²) in [4.78, 5) is 24.8. The van der Waals surface area contributed by atoms with Crippen LogP contribution in [0.4, 0.5) is 4.79 Å². The number of amides is 1. The van der Waals surface area contributed by atoms with Crippen LogP contribution in [0.25, 0.3) is 0 Å². The Kier molecular flexibility index (Phi) is 5.29. The molecule has 0 aromatic heterocycles. The normalized spacial score (nSPS) is 18.6. The van der Waals surface area contributed by atoms with Crippen LogP contribution in [0.1, 0.15) is 49.5 Å². The number of benzene rings is 1. The molecule has 1 atom stereocenters. The molecule has 0 spiro atoms. The first-order valence-corrected chi connectivity index (χ1v) is 8.05. The van der Waals surface area contributed by atoms with Gasteiger partial charge in [-0.05, 0) is 63.6 Å². The van der Waals surface area contributed by atoms with Gasteiger partial charge in [0.25, 0.3) is 0 Å². The van der Waals surface area contributed by atoms with Gasteiger partial charge >= 0.3 is 12.1 Å². The maximum absolute atomic E-state index is 12.2. The summed E-state index contributed by atoms with van der Waals surface area (Å²) in [6.45, 7) is 7.04. The Morgan fingerprint density at radius 2 is 1.91 bits per heavy atom. The maximum atomic E-state index is 12.2. The number of ether oxygens (including phenoxy) is 1. The summed E-state index contributed by atoms with van der Waals surface area (Å²) in [6, 6.07) is 6.98. The molecule has 1 N–H and O–H groups in total. The number of aromatic carboxylic acids is 1. The van der Waals surface area contributed by atoms with Gasteiger partial charge in [-0.3, -0.25) is 0 Å². The second-order valence-electron chi connectivity index (χ2n) is 7.14. The topological polar surface area (TPSA) is 66.8 Å². The molecule has 0 radical (unpaired) electrons. The zero-order chi connectivity index (χ0) is 17.0. The van der Waals surface area contributed by atoms with Crippen molar-refractivity contribution in [3.8, 4) is 0 Å². The standard InChI is InChI=1S/C18H25NO4/c1-18(2,3)23-17(22)19-10-4-5-14(12-19)11-13-6-8-15(9-7-13)16(20)21/h6-9,14H,4-5,10-12H2,1-3H3,(H,20,21)/t14-/m0/s1. The highest BCUT2D eigenvalue weighted by atomic mass is 16.6. The summed E-state index contributed by atoms with van der Waals surface area (Å²) in [6.07, 6.45) is 2.64. The number of hydrogen-bond donors (Lipinski definition) is 1. The number of carbonyl (C=O) groups is 2. The van der Waals surface area contributed by atoms with Crippen molar-refractivity contribution in [3.05, 3.63) is 35.4 Å². The second-order valence-corrected chi connectivity index (χ2v) is 7.14. The number of carboxylic acid groups (broad SMARTS) is 1. The lowest BCUT2D eigenvalue weighted by molar-refractivity contribution is 0.0166. The van der Waals surface area contributed by atoms with Gasteiger partial charge in [0.1, 0.15) is 5.60 Å². The zero-order valence-corrected chi connectivity index (χ0v) is 14.0. The SMILES string of the molecule is CC(C)(C)OC(=O)N1CCC[C@@H](Cc2ccc(C(=O)O)cc2)C1. The van der Waals surface area contributed by atoms with Gasteiger partial charge in [-0.15, -0.1) is 0 Å². The summed E-state index contributed by atoms with van der Waals surface area (Å²) in [5.74, 6) is -0.530. The van der Waals surface area contributed by atoms with Crippen molar-refractivity contribution in [3.63, 3.8) is 0 Å². The number of rotatable bonds is 3.